The van der Waals surface area contributed by atoms with Gasteiger partial charge >= 0.3 is 5.97 Å². The lowest BCUT2D eigenvalue weighted by atomic mass is 10.0. The maximum absolute atomic E-state index is 10.7. The van der Waals surface area contributed by atoms with E-state index in [2.05, 4.69) is 11.8 Å². The van der Waals surface area contributed by atoms with Crippen molar-refractivity contribution in [1.82, 2.24) is 4.90 Å². The molecule has 0 saturated carbocycles. The Labute approximate surface area is 91.1 Å². The summed E-state index contributed by atoms with van der Waals surface area (Å²) in [5.74, 6) is -0.735. The molecule has 1 rings (SSSR count). The number of hydrogen-bond donors (Lipinski definition) is 1. The Morgan fingerprint density at radius 1 is 1.60 bits per heavy atom. The van der Waals surface area contributed by atoms with Gasteiger partial charge in [0.05, 0.1) is 12.5 Å². The van der Waals surface area contributed by atoms with Crippen LogP contribution in [0.15, 0.2) is 23.9 Å². The average molecular weight is 209 g/mol. The number of nitrogens with zero attached hydrogens (tertiary/aromatic N) is 1. The van der Waals surface area contributed by atoms with Gasteiger partial charge in [-0.2, -0.15) is 0 Å². The second-order valence-electron chi connectivity index (χ2n) is 3.98. The van der Waals surface area contributed by atoms with Gasteiger partial charge in [0.25, 0.3) is 0 Å². The summed E-state index contributed by atoms with van der Waals surface area (Å²) in [6.45, 7) is 5.08. The van der Waals surface area contributed by atoms with Gasteiger partial charge in [-0.05, 0) is 25.6 Å². The van der Waals surface area contributed by atoms with E-state index in [0.29, 0.717) is 0 Å². The third kappa shape index (κ3) is 3.78. The van der Waals surface area contributed by atoms with Gasteiger partial charge < -0.3 is 10.0 Å². The standard InChI is InChI=1S/C12H19NO2/c1-3-4-6-13-7-5-10(2)8-11(13)9-12(14)15/h5,7-8,11H,3-4,6,9H2,1-2H3,(H,14,15). The highest BCUT2D eigenvalue weighted by atomic mass is 16.4. The van der Waals surface area contributed by atoms with Crippen molar-refractivity contribution in [1.29, 1.82) is 0 Å². The first-order chi connectivity index (χ1) is 7.13. The molecular weight excluding hydrogens is 190 g/mol. The molecule has 3 heteroatoms. The van der Waals surface area contributed by atoms with Gasteiger partial charge in [-0.1, -0.05) is 25.0 Å². The van der Waals surface area contributed by atoms with E-state index < -0.39 is 5.97 Å². The molecule has 1 atom stereocenters. The highest BCUT2D eigenvalue weighted by Gasteiger charge is 2.18. The van der Waals surface area contributed by atoms with E-state index in [1.54, 1.807) is 0 Å². The largest absolute Gasteiger partial charge is 0.481 e. The molecule has 0 aliphatic carbocycles. The normalized spacial score (nSPS) is 20.3. The maximum Gasteiger partial charge on any atom is 0.305 e. The zero-order chi connectivity index (χ0) is 11.3. The Hall–Kier alpha value is -1.25. The molecule has 0 saturated heterocycles. The van der Waals surface area contributed by atoms with Gasteiger partial charge in [0.15, 0.2) is 0 Å². The summed E-state index contributed by atoms with van der Waals surface area (Å²) in [6.07, 6.45) is 8.50. The van der Waals surface area contributed by atoms with Gasteiger partial charge in [-0.25, -0.2) is 0 Å². The predicted octanol–water partition coefficient (Wildman–Crippen LogP) is 2.41. The van der Waals surface area contributed by atoms with E-state index >= 15 is 0 Å². The minimum absolute atomic E-state index is 0.0269. The Morgan fingerprint density at radius 2 is 2.33 bits per heavy atom. The van der Waals surface area contributed by atoms with Crippen LogP contribution in [0, 0.1) is 0 Å². The van der Waals surface area contributed by atoms with Crippen LogP contribution in [-0.4, -0.2) is 28.6 Å². The van der Waals surface area contributed by atoms with Gasteiger partial charge in [0.2, 0.25) is 0 Å². The zero-order valence-electron chi connectivity index (χ0n) is 9.44. The van der Waals surface area contributed by atoms with Crippen molar-refractivity contribution >= 4 is 5.97 Å². The predicted molar refractivity (Wildman–Crippen MR) is 60.6 cm³/mol. The van der Waals surface area contributed by atoms with Crippen LogP contribution < -0.4 is 0 Å². The number of rotatable bonds is 5. The van der Waals surface area contributed by atoms with Crippen molar-refractivity contribution in [3.63, 3.8) is 0 Å². The van der Waals surface area contributed by atoms with E-state index in [1.807, 2.05) is 25.3 Å². The quantitative estimate of drug-likeness (QED) is 0.756. The summed E-state index contributed by atoms with van der Waals surface area (Å²) < 4.78 is 0. The fourth-order valence-electron chi connectivity index (χ4n) is 1.71. The summed E-state index contributed by atoms with van der Waals surface area (Å²) >= 11 is 0. The summed E-state index contributed by atoms with van der Waals surface area (Å²) in [7, 11) is 0. The fourth-order valence-corrected chi connectivity index (χ4v) is 1.71. The van der Waals surface area contributed by atoms with Crippen LogP contribution in [0.5, 0.6) is 0 Å². The summed E-state index contributed by atoms with van der Waals surface area (Å²) in [5.41, 5.74) is 1.15. The Bertz CT molecular complexity index is 281. The van der Waals surface area contributed by atoms with Crippen LogP contribution in [0.3, 0.4) is 0 Å². The third-order valence-corrected chi connectivity index (χ3v) is 2.56. The zero-order valence-corrected chi connectivity index (χ0v) is 9.44. The fraction of sp³-hybridized carbons (Fsp3) is 0.583. The molecule has 1 heterocycles. The molecule has 0 spiro atoms. The first kappa shape index (κ1) is 11.8. The minimum Gasteiger partial charge on any atom is -0.481 e. The molecule has 1 N–H and O–H groups in total. The Morgan fingerprint density at radius 3 is 2.93 bits per heavy atom. The van der Waals surface area contributed by atoms with E-state index in [-0.39, 0.29) is 12.5 Å². The van der Waals surface area contributed by atoms with Crippen molar-refractivity contribution in [3.8, 4) is 0 Å². The highest BCUT2D eigenvalue weighted by molar-refractivity contribution is 5.68. The van der Waals surface area contributed by atoms with E-state index in [4.69, 9.17) is 5.11 Å². The first-order valence-electron chi connectivity index (χ1n) is 5.47. The number of carboxylic acids is 1. The van der Waals surface area contributed by atoms with Crippen molar-refractivity contribution < 1.29 is 9.90 Å². The first-order valence-corrected chi connectivity index (χ1v) is 5.47. The van der Waals surface area contributed by atoms with Crippen LogP contribution >= 0.6 is 0 Å². The molecular formula is C12H19NO2. The molecule has 0 radical (unpaired) electrons. The van der Waals surface area contributed by atoms with Gasteiger partial charge in [-0.15, -0.1) is 0 Å². The van der Waals surface area contributed by atoms with Crippen LogP contribution in [0.4, 0.5) is 0 Å². The number of carboxylic acid groups (broad SMARTS) is 1. The molecule has 0 amide bonds. The lowest BCUT2D eigenvalue weighted by Crippen LogP contribution is -2.33. The van der Waals surface area contributed by atoms with E-state index in [1.165, 1.54) is 0 Å². The van der Waals surface area contributed by atoms with Crippen molar-refractivity contribution in [3.05, 3.63) is 23.9 Å². The molecule has 1 aliphatic rings. The molecule has 0 aromatic carbocycles. The molecule has 15 heavy (non-hydrogen) atoms. The molecule has 1 aliphatic heterocycles. The second kappa shape index (κ2) is 5.59. The Balaban J connectivity index is 2.60. The van der Waals surface area contributed by atoms with E-state index in [9.17, 15) is 4.79 Å². The molecule has 0 fully saturated rings. The van der Waals surface area contributed by atoms with Gasteiger partial charge in [0, 0.05) is 6.54 Å². The van der Waals surface area contributed by atoms with Crippen molar-refractivity contribution in [2.24, 2.45) is 0 Å². The second-order valence-corrected chi connectivity index (χ2v) is 3.98. The van der Waals surface area contributed by atoms with Crippen LogP contribution in [0.25, 0.3) is 0 Å². The lowest BCUT2D eigenvalue weighted by Gasteiger charge is -2.30. The summed E-state index contributed by atoms with van der Waals surface area (Å²) in [6, 6.07) is 0.0269. The molecule has 0 aromatic heterocycles. The molecule has 0 bridgehead atoms. The molecule has 0 aromatic rings. The number of aliphatic carboxylic acids is 1. The summed E-state index contributed by atoms with van der Waals surface area (Å²) in [5, 5.41) is 8.82. The van der Waals surface area contributed by atoms with Crippen molar-refractivity contribution in [2.45, 2.75) is 39.2 Å². The van der Waals surface area contributed by atoms with Crippen LogP contribution in [0.1, 0.15) is 33.1 Å². The number of hydrogen-bond acceptors (Lipinski definition) is 2. The third-order valence-electron chi connectivity index (χ3n) is 2.56. The van der Waals surface area contributed by atoms with Crippen LogP contribution in [0.2, 0.25) is 0 Å². The average Bonchev–Trinajstić information content (AvgIpc) is 2.16. The smallest absolute Gasteiger partial charge is 0.305 e. The van der Waals surface area contributed by atoms with Crippen LogP contribution in [-0.2, 0) is 4.79 Å². The maximum atomic E-state index is 10.7. The highest BCUT2D eigenvalue weighted by Crippen LogP contribution is 2.16. The van der Waals surface area contributed by atoms with Crippen molar-refractivity contribution in [2.75, 3.05) is 6.54 Å². The topological polar surface area (TPSA) is 40.5 Å². The SMILES string of the molecule is CCCCN1C=CC(C)=CC1CC(=O)O. The van der Waals surface area contributed by atoms with Gasteiger partial charge in [0.1, 0.15) is 0 Å². The Kier molecular flexibility index (Phi) is 4.40. The molecule has 84 valence electrons. The lowest BCUT2D eigenvalue weighted by molar-refractivity contribution is -0.137. The van der Waals surface area contributed by atoms with E-state index in [0.717, 1.165) is 25.0 Å². The number of carbonyl (C=O) groups is 1. The summed E-state index contributed by atoms with van der Waals surface area (Å²) in [4.78, 5) is 12.8. The molecule has 3 nitrogen and oxygen atoms in total. The number of unbranched alkanes of at least 4 members (excludes halogenated alkanes) is 1. The number of allylic oxidation sites excluding steroid dienone is 2. The molecule has 1 unspecified atom stereocenters. The minimum atomic E-state index is -0.735. The van der Waals surface area contributed by atoms with Gasteiger partial charge in [-0.3, -0.25) is 4.79 Å². The monoisotopic (exact) mass is 209 g/mol.